The molecule has 1 saturated heterocycles. The number of aromatic amines is 1. The SMILES string of the molecule is O=C(NCCC(=O)N1CCN(c2cc[nH+]cc2)CC1)c1ccc(Br)cc1. The van der Waals surface area contributed by atoms with Crippen molar-refractivity contribution in [2.45, 2.75) is 6.42 Å². The first-order chi connectivity index (χ1) is 12.6. The molecule has 2 amide bonds. The quantitative estimate of drug-likeness (QED) is 0.805. The standard InChI is InChI=1S/C19H21BrN4O2/c20-16-3-1-15(2-4-16)19(26)22-10-7-18(25)24-13-11-23(12-14-24)17-5-8-21-9-6-17/h1-6,8-9H,7,10-14H2,(H,22,26)/p+1. The van der Waals surface area contributed by atoms with Gasteiger partial charge < -0.3 is 15.1 Å². The van der Waals surface area contributed by atoms with Gasteiger partial charge in [-0.2, -0.15) is 0 Å². The van der Waals surface area contributed by atoms with Crippen molar-refractivity contribution in [1.82, 2.24) is 10.2 Å². The van der Waals surface area contributed by atoms with Gasteiger partial charge in [-0.3, -0.25) is 9.59 Å². The van der Waals surface area contributed by atoms with E-state index in [1.165, 1.54) is 0 Å². The normalized spacial score (nSPS) is 14.2. The van der Waals surface area contributed by atoms with Crippen LogP contribution in [-0.2, 0) is 4.79 Å². The van der Waals surface area contributed by atoms with E-state index in [0.29, 0.717) is 31.6 Å². The number of piperazine rings is 1. The lowest BCUT2D eigenvalue weighted by molar-refractivity contribution is -0.377. The number of aromatic nitrogens is 1. The molecule has 2 N–H and O–H groups in total. The Morgan fingerprint density at radius 2 is 1.65 bits per heavy atom. The van der Waals surface area contributed by atoms with Crippen LogP contribution in [0.1, 0.15) is 16.8 Å². The number of hydrogen-bond donors (Lipinski definition) is 1. The minimum absolute atomic E-state index is 0.0853. The lowest BCUT2D eigenvalue weighted by Crippen LogP contribution is -2.49. The highest BCUT2D eigenvalue weighted by atomic mass is 79.9. The van der Waals surface area contributed by atoms with Crippen molar-refractivity contribution in [3.05, 3.63) is 58.8 Å². The van der Waals surface area contributed by atoms with Gasteiger partial charge in [0.25, 0.3) is 5.91 Å². The fourth-order valence-electron chi connectivity index (χ4n) is 2.95. The van der Waals surface area contributed by atoms with Gasteiger partial charge >= 0.3 is 0 Å². The van der Waals surface area contributed by atoms with Gasteiger partial charge in [-0.25, -0.2) is 4.98 Å². The molecule has 0 bridgehead atoms. The van der Waals surface area contributed by atoms with Crippen LogP contribution < -0.4 is 15.2 Å². The molecule has 7 heteroatoms. The minimum atomic E-state index is -0.156. The molecule has 1 aliphatic heterocycles. The summed E-state index contributed by atoms with van der Waals surface area (Å²) in [4.78, 5) is 31.6. The Hall–Kier alpha value is -2.41. The predicted octanol–water partition coefficient (Wildman–Crippen LogP) is 1.73. The summed E-state index contributed by atoms with van der Waals surface area (Å²) in [7, 11) is 0. The third-order valence-electron chi connectivity index (χ3n) is 4.43. The number of amides is 2. The topological polar surface area (TPSA) is 66.8 Å². The molecule has 1 aliphatic rings. The number of carbonyl (C=O) groups is 2. The van der Waals surface area contributed by atoms with Gasteiger partial charge in [0.2, 0.25) is 5.91 Å². The van der Waals surface area contributed by atoms with Gasteiger partial charge in [-0.1, -0.05) is 15.9 Å². The molecule has 2 heterocycles. The number of nitrogens with zero attached hydrogens (tertiary/aromatic N) is 2. The second-order valence-electron chi connectivity index (χ2n) is 6.14. The van der Waals surface area contributed by atoms with Crippen molar-refractivity contribution < 1.29 is 14.6 Å². The Kier molecular flexibility index (Phi) is 6.22. The lowest BCUT2D eigenvalue weighted by Gasteiger charge is -2.35. The van der Waals surface area contributed by atoms with E-state index in [2.05, 4.69) is 31.1 Å². The molecule has 0 saturated carbocycles. The van der Waals surface area contributed by atoms with E-state index in [1.807, 2.05) is 41.6 Å². The number of rotatable bonds is 5. The zero-order valence-electron chi connectivity index (χ0n) is 14.5. The monoisotopic (exact) mass is 417 g/mol. The van der Waals surface area contributed by atoms with Crippen molar-refractivity contribution in [2.75, 3.05) is 37.6 Å². The molecule has 0 unspecified atom stereocenters. The summed E-state index contributed by atoms with van der Waals surface area (Å²) in [6.07, 6.45) is 4.13. The van der Waals surface area contributed by atoms with Gasteiger partial charge in [0.1, 0.15) is 0 Å². The highest BCUT2D eigenvalue weighted by molar-refractivity contribution is 9.10. The maximum Gasteiger partial charge on any atom is 0.251 e. The van der Waals surface area contributed by atoms with Crippen LogP contribution in [0.25, 0.3) is 0 Å². The van der Waals surface area contributed by atoms with Crippen LogP contribution in [0.4, 0.5) is 5.69 Å². The largest absolute Gasteiger partial charge is 0.368 e. The number of nitrogens with one attached hydrogen (secondary N) is 2. The number of H-pyrrole nitrogens is 1. The molecule has 26 heavy (non-hydrogen) atoms. The summed E-state index contributed by atoms with van der Waals surface area (Å²) < 4.78 is 0.928. The fourth-order valence-corrected chi connectivity index (χ4v) is 3.21. The Bertz CT molecular complexity index is 744. The van der Waals surface area contributed by atoms with E-state index in [4.69, 9.17) is 0 Å². The van der Waals surface area contributed by atoms with Crippen molar-refractivity contribution in [1.29, 1.82) is 0 Å². The Morgan fingerprint density at radius 1 is 1.00 bits per heavy atom. The highest BCUT2D eigenvalue weighted by Crippen LogP contribution is 2.14. The van der Waals surface area contributed by atoms with Crippen molar-refractivity contribution >= 4 is 33.4 Å². The Labute approximate surface area is 161 Å². The summed E-state index contributed by atoms with van der Waals surface area (Å²) >= 11 is 3.34. The summed E-state index contributed by atoms with van der Waals surface area (Å²) in [5, 5.41) is 2.81. The molecule has 0 spiro atoms. The second kappa shape index (κ2) is 8.80. The summed E-state index contributed by atoms with van der Waals surface area (Å²) in [6, 6.07) is 11.2. The number of halogens is 1. The van der Waals surface area contributed by atoms with E-state index >= 15 is 0 Å². The minimum Gasteiger partial charge on any atom is -0.368 e. The second-order valence-corrected chi connectivity index (χ2v) is 7.05. The first-order valence-electron chi connectivity index (χ1n) is 8.66. The van der Waals surface area contributed by atoms with Crippen LogP contribution >= 0.6 is 15.9 Å². The van der Waals surface area contributed by atoms with Gasteiger partial charge in [-0.15, -0.1) is 0 Å². The summed E-state index contributed by atoms with van der Waals surface area (Å²) in [6.45, 7) is 3.40. The van der Waals surface area contributed by atoms with Crippen LogP contribution in [0.3, 0.4) is 0 Å². The first-order valence-corrected chi connectivity index (χ1v) is 9.45. The molecule has 1 fully saturated rings. The zero-order chi connectivity index (χ0) is 18.4. The molecule has 0 radical (unpaired) electrons. The molecule has 1 aromatic heterocycles. The molecule has 136 valence electrons. The van der Waals surface area contributed by atoms with Gasteiger partial charge in [0.05, 0.1) is 0 Å². The number of carbonyl (C=O) groups excluding carboxylic acids is 2. The van der Waals surface area contributed by atoms with E-state index in [1.54, 1.807) is 12.1 Å². The molecule has 1 aromatic carbocycles. The lowest BCUT2D eigenvalue weighted by atomic mass is 10.2. The number of anilines is 1. The van der Waals surface area contributed by atoms with E-state index in [0.717, 1.165) is 23.2 Å². The van der Waals surface area contributed by atoms with Crippen LogP contribution in [-0.4, -0.2) is 49.4 Å². The van der Waals surface area contributed by atoms with Gasteiger partial charge in [0, 0.05) is 67.0 Å². The van der Waals surface area contributed by atoms with Crippen LogP contribution in [0, 0.1) is 0 Å². The maximum absolute atomic E-state index is 12.3. The van der Waals surface area contributed by atoms with Crippen molar-refractivity contribution in [3.63, 3.8) is 0 Å². The van der Waals surface area contributed by atoms with Crippen molar-refractivity contribution in [3.8, 4) is 0 Å². The third kappa shape index (κ3) is 4.82. The van der Waals surface area contributed by atoms with E-state index < -0.39 is 0 Å². The Balaban J connectivity index is 1.40. The smallest absolute Gasteiger partial charge is 0.251 e. The van der Waals surface area contributed by atoms with E-state index in [9.17, 15) is 9.59 Å². The van der Waals surface area contributed by atoms with E-state index in [-0.39, 0.29) is 11.8 Å². The molecule has 3 rings (SSSR count). The number of benzene rings is 1. The van der Waals surface area contributed by atoms with Crippen molar-refractivity contribution in [2.24, 2.45) is 0 Å². The first kappa shape index (κ1) is 18.4. The number of hydrogen-bond acceptors (Lipinski definition) is 3. The van der Waals surface area contributed by atoms with Crippen LogP contribution in [0.15, 0.2) is 53.3 Å². The molecule has 2 aromatic rings. The van der Waals surface area contributed by atoms with Gasteiger partial charge in [0.15, 0.2) is 12.4 Å². The van der Waals surface area contributed by atoms with Gasteiger partial charge in [-0.05, 0) is 24.3 Å². The molecule has 6 nitrogen and oxygen atoms in total. The third-order valence-corrected chi connectivity index (χ3v) is 4.96. The molecular weight excluding hydrogens is 396 g/mol. The fraction of sp³-hybridized carbons (Fsp3) is 0.316. The molecular formula is C19H22BrN4O2+. The average Bonchev–Trinajstić information content (AvgIpc) is 2.69. The summed E-state index contributed by atoms with van der Waals surface area (Å²) in [5.74, 6) is -0.0712. The molecule has 0 atom stereocenters. The van der Waals surface area contributed by atoms with Crippen LogP contribution in [0.2, 0.25) is 0 Å². The maximum atomic E-state index is 12.3. The predicted molar refractivity (Wildman–Crippen MR) is 103 cm³/mol. The Morgan fingerprint density at radius 3 is 2.31 bits per heavy atom. The molecule has 0 aliphatic carbocycles. The van der Waals surface area contributed by atoms with Crippen LogP contribution in [0.5, 0.6) is 0 Å². The highest BCUT2D eigenvalue weighted by Gasteiger charge is 2.21. The average molecular weight is 418 g/mol. The summed E-state index contributed by atoms with van der Waals surface area (Å²) in [5.41, 5.74) is 1.76. The number of pyridine rings is 1. The zero-order valence-corrected chi connectivity index (χ0v) is 16.0.